The van der Waals surface area contributed by atoms with Crippen LogP contribution in [0, 0.1) is 0 Å². The molecule has 0 spiro atoms. The average molecular weight is 186 g/mol. The van der Waals surface area contributed by atoms with Crippen molar-refractivity contribution in [2.45, 2.75) is 6.29 Å². The maximum Gasteiger partial charge on any atom is 0.325 e. The molecule has 2 N–H and O–H groups in total. The Morgan fingerprint density at radius 2 is 1.92 bits per heavy atom. The Kier molecular flexibility index (Phi) is 2.99. The molecule has 0 unspecified atom stereocenters. The second-order valence-electron chi connectivity index (χ2n) is 2.33. The van der Waals surface area contributed by atoms with Crippen LogP contribution < -0.4 is 11.2 Å². The summed E-state index contributed by atoms with van der Waals surface area (Å²) < 4.78 is 9.68. The van der Waals surface area contributed by atoms with Crippen LogP contribution in [0.15, 0.2) is 15.8 Å². The lowest BCUT2D eigenvalue weighted by atomic mass is 10.3. The van der Waals surface area contributed by atoms with Crippen LogP contribution in [0.4, 0.5) is 0 Å². The Labute approximate surface area is 73.5 Å². The SMILES string of the molecule is COC(OC)c1c[nH]c(=O)[nH]c1=O. The minimum Gasteiger partial charge on any atom is -0.351 e. The fourth-order valence-electron chi connectivity index (χ4n) is 0.945. The summed E-state index contributed by atoms with van der Waals surface area (Å²) in [6.45, 7) is 0. The van der Waals surface area contributed by atoms with E-state index in [2.05, 4.69) is 9.97 Å². The van der Waals surface area contributed by atoms with E-state index >= 15 is 0 Å². The molecule has 0 radical (unpaired) electrons. The molecule has 1 aromatic rings. The predicted octanol–water partition coefficient (Wildman–Crippen LogP) is -0.645. The van der Waals surface area contributed by atoms with Crippen molar-refractivity contribution in [2.75, 3.05) is 14.2 Å². The van der Waals surface area contributed by atoms with Crippen molar-refractivity contribution in [3.63, 3.8) is 0 Å². The Hall–Kier alpha value is -1.40. The lowest BCUT2D eigenvalue weighted by Crippen LogP contribution is -2.27. The molecule has 0 amide bonds. The van der Waals surface area contributed by atoms with E-state index in [0.717, 1.165) is 0 Å². The molecular formula is C7H10N2O4. The van der Waals surface area contributed by atoms with Gasteiger partial charge in [0.1, 0.15) is 0 Å². The van der Waals surface area contributed by atoms with E-state index in [1.54, 1.807) is 0 Å². The number of ether oxygens (including phenoxy) is 2. The Balaban J connectivity index is 3.14. The van der Waals surface area contributed by atoms with Gasteiger partial charge in [-0.2, -0.15) is 0 Å². The summed E-state index contributed by atoms with van der Waals surface area (Å²) in [4.78, 5) is 26.2. The topological polar surface area (TPSA) is 84.2 Å². The minimum absolute atomic E-state index is 0.226. The van der Waals surface area contributed by atoms with Crippen LogP contribution in [0.3, 0.4) is 0 Å². The zero-order valence-corrected chi connectivity index (χ0v) is 7.29. The lowest BCUT2D eigenvalue weighted by molar-refractivity contribution is -0.107. The van der Waals surface area contributed by atoms with Crippen molar-refractivity contribution in [3.05, 3.63) is 32.6 Å². The number of hydrogen-bond acceptors (Lipinski definition) is 4. The van der Waals surface area contributed by atoms with Crippen LogP contribution in [-0.4, -0.2) is 24.2 Å². The van der Waals surface area contributed by atoms with E-state index in [4.69, 9.17) is 9.47 Å². The molecule has 13 heavy (non-hydrogen) atoms. The number of nitrogens with one attached hydrogen (secondary N) is 2. The highest BCUT2D eigenvalue weighted by Gasteiger charge is 2.12. The minimum atomic E-state index is -0.763. The molecule has 0 bridgehead atoms. The zero-order chi connectivity index (χ0) is 9.84. The zero-order valence-electron chi connectivity index (χ0n) is 7.29. The summed E-state index contributed by atoms with van der Waals surface area (Å²) in [5.74, 6) is 0. The molecule has 0 fully saturated rings. The first kappa shape index (κ1) is 9.69. The van der Waals surface area contributed by atoms with Gasteiger partial charge in [-0.15, -0.1) is 0 Å². The molecule has 0 aliphatic heterocycles. The largest absolute Gasteiger partial charge is 0.351 e. The van der Waals surface area contributed by atoms with Gasteiger partial charge in [0.15, 0.2) is 6.29 Å². The van der Waals surface area contributed by atoms with E-state index in [-0.39, 0.29) is 5.56 Å². The number of hydrogen-bond donors (Lipinski definition) is 2. The number of aromatic amines is 2. The van der Waals surface area contributed by atoms with E-state index in [9.17, 15) is 9.59 Å². The van der Waals surface area contributed by atoms with Crippen LogP contribution >= 0.6 is 0 Å². The monoisotopic (exact) mass is 186 g/mol. The number of aromatic nitrogens is 2. The fraction of sp³-hybridized carbons (Fsp3) is 0.429. The summed E-state index contributed by atoms with van der Waals surface area (Å²) in [7, 11) is 2.80. The van der Waals surface area contributed by atoms with Crippen molar-refractivity contribution < 1.29 is 9.47 Å². The second kappa shape index (κ2) is 4.01. The summed E-state index contributed by atoms with van der Waals surface area (Å²) in [6.07, 6.45) is 0.499. The van der Waals surface area contributed by atoms with Gasteiger partial charge in [-0.25, -0.2) is 4.79 Å². The third-order valence-corrected chi connectivity index (χ3v) is 1.53. The summed E-state index contributed by atoms with van der Waals surface area (Å²) >= 11 is 0. The van der Waals surface area contributed by atoms with E-state index in [1.807, 2.05) is 0 Å². The van der Waals surface area contributed by atoms with Gasteiger partial charge in [-0.05, 0) is 0 Å². The molecule has 1 rings (SSSR count). The Morgan fingerprint density at radius 3 is 2.38 bits per heavy atom. The van der Waals surface area contributed by atoms with Crippen molar-refractivity contribution in [3.8, 4) is 0 Å². The molecule has 0 atom stereocenters. The molecule has 6 heteroatoms. The summed E-state index contributed by atoms with van der Waals surface area (Å²) in [6, 6.07) is 0. The van der Waals surface area contributed by atoms with Gasteiger partial charge in [0.2, 0.25) is 0 Å². The predicted molar refractivity (Wildman–Crippen MR) is 44.4 cm³/mol. The van der Waals surface area contributed by atoms with Gasteiger partial charge in [-0.1, -0.05) is 0 Å². The van der Waals surface area contributed by atoms with Gasteiger partial charge in [0.05, 0.1) is 5.56 Å². The normalized spacial score (nSPS) is 10.7. The summed E-state index contributed by atoms with van der Waals surface area (Å²) in [5.41, 5.74) is -0.846. The van der Waals surface area contributed by atoms with Crippen molar-refractivity contribution >= 4 is 0 Å². The highest BCUT2D eigenvalue weighted by Crippen LogP contribution is 2.09. The third-order valence-electron chi connectivity index (χ3n) is 1.53. The van der Waals surface area contributed by atoms with Crippen LogP contribution in [-0.2, 0) is 9.47 Å². The van der Waals surface area contributed by atoms with E-state index < -0.39 is 17.5 Å². The van der Waals surface area contributed by atoms with E-state index in [0.29, 0.717) is 0 Å². The number of H-pyrrole nitrogens is 2. The quantitative estimate of drug-likeness (QED) is 0.614. The lowest BCUT2D eigenvalue weighted by Gasteiger charge is -2.11. The molecule has 0 aliphatic rings. The molecule has 0 aromatic carbocycles. The standard InChI is InChI=1S/C7H10N2O4/c1-12-6(13-2)4-3-8-7(11)9-5(4)10/h3,6H,1-2H3,(H2,8,9,10,11). The average Bonchev–Trinajstić information content (AvgIpc) is 2.10. The van der Waals surface area contributed by atoms with Crippen molar-refractivity contribution in [2.24, 2.45) is 0 Å². The Morgan fingerprint density at radius 1 is 1.31 bits per heavy atom. The molecule has 6 nitrogen and oxygen atoms in total. The molecule has 72 valence electrons. The molecule has 0 aliphatic carbocycles. The molecule has 1 aromatic heterocycles. The van der Waals surface area contributed by atoms with Gasteiger partial charge in [0.25, 0.3) is 5.56 Å². The van der Waals surface area contributed by atoms with Gasteiger partial charge in [-0.3, -0.25) is 9.78 Å². The van der Waals surface area contributed by atoms with Crippen LogP contribution in [0.25, 0.3) is 0 Å². The molecule has 1 heterocycles. The van der Waals surface area contributed by atoms with Crippen LogP contribution in [0.1, 0.15) is 11.9 Å². The van der Waals surface area contributed by atoms with Crippen molar-refractivity contribution in [1.82, 2.24) is 9.97 Å². The van der Waals surface area contributed by atoms with Gasteiger partial charge >= 0.3 is 5.69 Å². The highest BCUT2D eigenvalue weighted by atomic mass is 16.7. The second-order valence-corrected chi connectivity index (χ2v) is 2.33. The first-order valence-corrected chi connectivity index (χ1v) is 3.56. The van der Waals surface area contributed by atoms with E-state index in [1.165, 1.54) is 20.4 Å². The highest BCUT2D eigenvalue weighted by molar-refractivity contribution is 5.04. The van der Waals surface area contributed by atoms with Crippen LogP contribution in [0.5, 0.6) is 0 Å². The van der Waals surface area contributed by atoms with Gasteiger partial charge in [0, 0.05) is 20.4 Å². The third kappa shape index (κ3) is 2.04. The number of rotatable bonds is 3. The fourth-order valence-corrected chi connectivity index (χ4v) is 0.945. The van der Waals surface area contributed by atoms with Crippen molar-refractivity contribution in [1.29, 1.82) is 0 Å². The molecular weight excluding hydrogens is 176 g/mol. The smallest absolute Gasteiger partial charge is 0.325 e. The van der Waals surface area contributed by atoms with Crippen LogP contribution in [0.2, 0.25) is 0 Å². The molecule has 0 saturated carbocycles. The first-order chi connectivity index (χ1) is 6.19. The number of methoxy groups -OCH3 is 2. The maximum atomic E-state index is 11.2. The molecule has 0 saturated heterocycles. The maximum absolute atomic E-state index is 11.2. The van der Waals surface area contributed by atoms with Gasteiger partial charge < -0.3 is 14.5 Å². The summed E-state index contributed by atoms with van der Waals surface area (Å²) in [5, 5.41) is 0. The Bertz CT molecular complexity index is 377. The first-order valence-electron chi connectivity index (χ1n) is 3.56.